The van der Waals surface area contributed by atoms with E-state index in [2.05, 4.69) is 20.6 Å². The molecule has 0 saturated carbocycles. The van der Waals surface area contributed by atoms with Crippen LogP contribution in [0.5, 0.6) is 5.75 Å². The Bertz CT molecular complexity index is 1170. The zero-order valence-corrected chi connectivity index (χ0v) is 15.3. The molecular weight excluding hydrogens is 370 g/mol. The van der Waals surface area contributed by atoms with Crippen molar-refractivity contribution in [2.45, 2.75) is 11.8 Å². The van der Waals surface area contributed by atoms with Crippen LogP contribution in [0.4, 0.5) is 0 Å². The number of benzene rings is 1. The van der Waals surface area contributed by atoms with Gasteiger partial charge in [-0.25, -0.2) is 12.4 Å². The van der Waals surface area contributed by atoms with Gasteiger partial charge in [0.1, 0.15) is 0 Å². The highest BCUT2D eigenvalue weighted by Crippen LogP contribution is 2.36. The Kier molecular flexibility index (Phi) is 4.04. The van der Waals surface area contributed by atoms with Crippen LogP contribution in [-0.4, -0.2) is 40.1 Å². The molecule has 0 aliphatic heterocycles. The molecule has 4 aromatic rings. The predicted molar refractivity (Wildman–Crippen MR) is 95.6 cm³/mol. The Hall–Kier alpha value is -3.40. The lowest BCUT2D eigenvalue weighted by Crippen LogP contribution is -2.12. The third-order valence-electron chi connectivity index (χ3n) is 4.01. The number of H-pyrrole nitrogens is 1. The molecule has 0 radical (unpaired) electrons. The predicted octanol–water partition coefficient (Wildman–Crippen LogP) is 2.48. The van der Waals surface area contributed by atoms with E-state index in [-0.39, 0.29) is 16.5 Å². The number of nitrogens with zero attached hydrogens (tertiary/aromatic N) is 4. The maximum Gasteiger partial charge on any atom is 0.268 e. The number of aromatic amines is 1. The van der Waals surface area contributed by atoms with Crippen LogP contribution in [-0.2, 0) is 10.0 Å². The number of aromatic nitrogens is 5. The van der Waals surface area contributed by atoms with Gasteiger partial charge in [-0.3, -0.25) is 0 Å². The van der Waals surface area contributed by atoms with E-state index in [9.17, 15) is 8.42 Å². The van der Waals surface area contributed by atoms with Crippen LogP contribution >= 0.6 is 0 Å². The average Bonchev–Trinajstić information content (AvgIpc) is 3.40. The van der Waals surface area contributed by atoms with Crippen LogP contribution in [0.3, 0.4) is 0 Å². The third-order valence-corrected chi connectivity index (χ3v) is 5.71. The van der Waals surface area contributed by atoms with Crippen LogP contribution < -0.4 is 4.74 Å². The molecule has 1 N–H and O–H groups in total. The Morgan fingerprint density at radius 3 is 2.63 bits per heavy atom. The smallest absolute Gasteiger partial charge is 0.268 e. The van der Waals surface area contributed by atoms with Crippen molar-refractivity contribution in [3.8, 4) is 28.8 Å². The number of rotatable bonds is 5. The van der Waals surface area contributed by atoms with Gasteiger partial charge in [0, 0.05) is 12.3 Å². The summed E-state index contributed by atoms with van der Waals surface area (Å²) < 4.78 is 38.3. The lowest BCUT2D eigenvalue weighted by molar-refractivity contribution is 0.409. The third kappa shape index (κ3) is 2.89. The van der Waals surface area contributed by atoms with Gasteiger partial charge in [0.2, 0.25) is 11.6 Å². The molecule has 0 unspecified atom stereocenters. The van der Waals surface area contributed by atoms with Crippen molar-refractivity contribution >= 4 is 10.0 Å². The highest BCUT2D eigenvalue weighted by atomic mass is 32.2. The summed E-state index contributed by atoms with van der Waals surface area (Å²) in [6.45, 7) is 1.89. The van der Waals surface area contributed by atoms with Crippen LogP contribution in [0.25, 0.3) is 23.0 Å². The van der Waals surface area contributed by atoms with E-state index in [0.717, 1.165) is 9.54 Å². The van der Waals surface area contributed by atoms with Gasteiger partial charge in [-0.1, -0.05) is 17.7 Å². The average molecular weight is 385 g/mol. The van der Waals surface area contributed by atoms with Crippen LogP contribution in [0.15, 0.2) is 58.0 Å². The fourth-order valence-electron chi connectivity index (χ4n) is 2.66. The van der Waals surface area contributed by atoms with Crippen molar-refractivity contribution < 1.29 is 17.6 Å². The first-order valence-electron chi connectivity index (χ1n) is 7.92. The summed E-state index contributed by atoms with van der Waals surface area (Å²) in [7, 11) is -2.32. The molecule has 0 aliphatic rings. The number of hydrogen-bond acceptors (Lipinski definition) is 7. The number of nitrogens with one attached hydrogen (secondary N) is 1. The van der Waals surface area contributed by atoms with Crippen molar-refractivity contribution in [2.75, 3.05) is 7.11 Å². The van der Waals surface area contributed by atoms with Gasteiger partial charge >= 0.3 is 0 Å². The number of methoxy groups -OCH3 is 1. The minimum atomic E-state index is -3.79. The van der Waals surface area contributed by atoms with E-state index < -0.39 is 10.0 Å². The second-order valence-electron chi connectivity index (χ2n) is 5.75. The van der Waals surface area contributed by atoms with E-state index in [0.29, 0.717) is 17.2 Å². The molecule has 9 nitrogen and oxygen atoms in total. The molecule has 0 saturated heterocycles. The standard InChI is InChI=1S/C17H15N5O4S/c1-11-5-7-12(8-6-11)27(23,24)22-9-3-4-13(22)14-10-15(25-2)16(26-14)17-18-20-21-19-17/h3-10H,1-2H3,(H,18,19,20,21). The summed E-state index contributed by atoms with van der Waals surface area (Å²) in [6, 6.07) is 11.5. The molecule has 0 fully saturated rings. The molecule has 1 aromatic carbocycles. The molecule has 27 heavy (non-hydrogen) atoms. The molecule has 0 amide bonds. The molecule has 0 atom stereocenters. The Balaban J connectivity index is 1.82. The lowest BCUT2D eigenvalue weighted by Gasteiger charge is -2.09. The van der Waals surface area contributed by atoms with Gasteiger partial charge in [0.15, 0.2) is 11.5 Å². The van der Waals surface area contributed by atoms with Gasteiger partial charge in [0.25, 0.3) is 10.0 Å². The highest BCUT2D eigenvalue weighted by molar-refractivity contribution is 7.90. The zero-order chi connectivity index (χ0) is 19.0. The van der Waals surface area contributed by atoms with E-state index >= 15 is 0 Å². The van der Waals surface area contributed by atoms with Gasteiger partial charge in [-0.05, 0) is 36.4 Å². The summed E-state index contributed by atoms with van der Waals surface area (Å²) in [4.78, 5) is 0.183. The number of furan rings is 1. The fourth-order valence-corrected chi connectivity index (χ4v) is 4.00. The van der Waals surface area contributed by atoms with Crippen molar-refractivity contribution in [3.63, 3.8) is 0 Å². The first-order chi connectivity index (χ1) is 13.0. The second-order valence-corrected chi connectivity index (χ2v) is 7.57. The summed E-state index contributed by atoms with van der Waals surface area (Å²) in [5.74, 6) is 1.12. The summed E-state index contributed by atoms with van der Waals surface area (Å²) in [5, 5.41) is 13.6. The summed E-state index contributed by atoms with van der Waals surface area (Å²) in [6.07, 6.45) is 1.47. The van der Waals surface area contributed by atoms with Gasteiger partial charge in [-0.2, -0.15) is 5.21 Å². The Labute approximate surface area is 154 Å². The molecular formula is C17H15N5O4S. The minimum Gasteiger partial charge on any atom is -0.493 e. The molecule has 0 spiro atoms. The van der Waals surface area contributed by atoms with Crippen molar-refractivity contribution in [2.24, 2.45) is 0 Å². The molecule has 138 valence electrons. The number of ether oxygens (including phenoxy) is 1. The zero-order valence-electron chi connectivity index (χ0n) is 14.4. The van der Waals surface area contributed by atoms with Crippen LogP contribution in [0.2, 0.25) is 0 Å². The molecule has 4 rings (SSSR count). The number of aryl methyl sites for hydroxylation is 1. The second kappa shape index (κ2) is 6.40. The Morgan fingerprint density at radius 1 is 1.19 bits per heavy atom. The first-order valence-corrected chi connectivity index (χ1v) is 9.36. The Morgan fingerprint density at radius 2 is 1.96 bits per heavy atom. The first kappa shape index (κ1) is 17.0. The quantitative estimate of drug-likeness (QED) is 0.561. The lowest BCUT2D eigenvalue weighted by atomic mass is 10.2. The summed E-state index contributed by atoms with van der Waals surface area (Å²) >= 11 is 0. The monoisotopic (exact) mass is 385 g/mol. The molecule has 3 aromatic heterocycles. The number of tetrazole rings is 1. The largest absolute Gasteiger partial charge is 0.493 e. The van der Waals surface area contributed by atoms with Crippen LogP contribution in [0.1, 0.15) is 5.56 Å². The minimum absolute atomic E-state index is 0.183. The van der Waals surface area contributed by atoms with E-state index in [1.165, 1.54) is 13.3 Å². The fraction of sp³-hybridized carbons (Fsp3) is 0.118. The van der Waals surface area contributed by atoms with E-state index in [1.54, 1.807) is 42.5 Å². The van der Waals surface area contributed by atoms with Crippen molar-refractivity contribution in [1.82, 2.24) is 24.6 Å². The van der Waals surface area contributed by atoms with Gasteiger partial charge in [0.05, 0.1) is 17.7 Å². The topological polar surface area (TPSA) is 116 Å². The highest BCUT2D eigenvalue weighted by Gasteiger charge is 2.24. The van der Waals surface area contributed by atoms with E-state index in [4.69, 9.17) is 9.15 Å². The van der Waals surface area contributed by atoms with E-state index in [1.807, 2.05) is 6.92 Å². The molecule has 10 heteroatoms. The molecule has 3 heterocycles. The number of hydrogen-bond donors (Lipinski definition) is 1. The van der Waals surface area contributed by atoms with Crippen LogP contribution in [0, 0.1) is 6.92 Å². The normalized spacial score (nSPS) is 11.6. The van der Waals surface area contributed by atoms with Crippen molar-refractivity contribution in [3.05, 3.63) is 54.2 Å². The van der Waals surface area contributed by atoms with Gasteiger partial charge < -0.3 is 9.15 Å². The van der Waals surface area contributed by atoms with Gasteiger partial charge in [-0.15, -0.1) is 10.2 Å². The molecule has 0 bridgehead atoms. The SMILES string of the molecule is COc1cc(-c2cccn2S(=O)(=O)c2ccc(C)cc2)oc1-c1nn[nH]n1. The summed E-state index contributed by atoms with van der Waals surface area (Å²) in [5.41, 5.74) is 1.32. The maximum atomic E-state index is 13.0. The molecule has 0 aliphatic carbocycles. The van der Waals surface area contributed by atoms with Crippen molar-refractivity contribution in [1.29, 1.82) is 0 Å². The maximum absolute atomic E-state index is 13.0.